The molecule has 0 aliphatic heterocycles. The second kappa shape index (κ2) is 10.6. The summed E-state index contributed by atoms with van der Waals surface area (Å²) in [5, 5.41) is 3.70. The van der Waals surface area contributed by atoms with E-state index in [4.69, 9.17) is 4.74 Å². The van der Waals surface area contributed by atoms with E-state index in [0.717, 1.165) is 21.2 Å². The van der Waals surface area contributed by atoms with E-state index in [0.29, 0.717) is 12.6 Å². The monoisotopic (exact) mass is 419 g/mol. The maximum atomic E-state index is 5.63. The Hall–Kier alpha value is -0.0600. The molecule has 0 saturated heterocycles. The average Bonchev–Trinajstić information content (AvgIpc) is 2.46. The van der Waals surface area contributed by atoms with Gasteiger partial charge in [-0.15, -0.1) is 0 Å². The van der Waals surface area contributed by atoms with E-state index in [1.165, 1.54) is 37.7 Å². The summed E-state index contributed by atoms with van der Waals surface area (Å²) in [4.78, 5) is 0. The number of rotatable bonds is 10. The molecule has 0 saturated carbocycles. The van der Waals surface area contributed by atoms with Gasteiger partial charge >= 0.3 is 0 Å². The summed E-state index contributed by atoms with van der Waals surface area (Å²) in [7, 11) is 0. The molecule has 0 bridgehead atoms. The molecular formula is C17H27Br2NO. The first-order valence-corrected chi connectivity index (χ1v) is 9.55. The van der Waals surface area contributed by atoms with Crippen molar-refractivity contribution in [1.82, 2.24) is 5.32 Å². The molecular weight excluding hydrogens is 394 g/mol. The highest BCUT2D eigenvalue weighted by Crippen LogP contribution is 2.34. The van der Waals surface area contributed by atoms with Crippen molar-refractivity contribution >= 4 is 31.9 Å². The standard InChI is InChI=1S/C17H27Br2NO/c1-4-7-9-14(8-5-2)20-12-13-10-15(18)17(21-6-3)16(19)11-13/h10-11,14,20H,4-9,12H2,1-3H3. The molecule has 0 aromatic heterocycles. The highest BCUT2D eigenvalue weighted by atomic mass is 79.9. The molecule has 1 aromatic rings. The number of benzene rings is 1. The Morgan fingerprint density at radius 2 is 1.71 bits per heavy atom. The summed E-state index contributed by atoms with van der Waals surface area (Å²) >= 11 is 7.19. The Bertz CT molecular complexity index is 400. The molecule has 4 heteroatoms. The van der Waals surface area contributed by atoms with Crippen molar-refractivity contribution in [2.24, 2.45) is 0 Å². The van der Waals surface area contributed by atoms with E-state index >= 15 is 0 Å². The molecule has 1 aromatic carbocycles. The lowest BCUT2D eigenvalue weighted by Gasteiger charge is -2.18. The van der Waals surface area contributed by atoms with Gasteiger partial charge in [-0.1, -0.05) is 33.1 Å². The molecule has 1 N–H and O–H groups in total. The topological polar surface area (TPSA) is 21.3 Å². The highest BCUT2D eigenvalue weighted by molar-refractivity contribution is 9.11. The summed E-state index contributed by atoms with van der Waals surface area (Å²) in [6.45, 7) is 8.08. The second-order valence-corrected chi connectivity index (χ2v) is 7.04. The SMILES string of the molecule is CCCCC(CCC)NCc1cc(Br)c(OCC)c(Br)c1. The van der Waals surface area contributed by atoms with Crippen molar-refractivity contribution in [2.45, 2.75) is 65.5 Å². The van der Waals surface area contributed by atoms with Crippen LogP contribution in [0.5, 0.6) is 5.75 Å². The van der Waals surface area contributed by atoms with Crippen LogP contribution in [0.15, 0.2) is 21.1 Å². The normalized spacial score (nSPS) is 12.4. The van der Waals surface area contributed by atoms with E-state index in [-0.39, 0.29) is 0 Å². The molecule has 21 heavy (non-hydrogen) atoms. The third-order valence-electron chi connectivity index (χ3n) is 3.48. The van der Waals surface area contributed by atoms with Crippen LogP contribution in [0.3, 0.4) is 0 Å². The van der Waals surface area contributed by atoms with E-state index in [1.807, 2.05) is 6.92 Å². The van der Waals surface area contributed by atoms with Gasteiger partial charge in [-0.2, -0.15) is 0 Å². The maximum absolute atomic E-state index is 5.63. The van der Waals surface area contributed by atoms with E-state index in [9.17, 15) is 0 Å². The minimum absolute atomic E-state index is 0.624. The molecule has 1 unspecified atom stereocenters. The lowest BCUT2D eigenvalue weighted by atomic mass is 10.0. The second-order valence-electron chi connectivity index (χ2n) is 5.33. The first-order valence-electron chi connectivity index (χ1n) is 7.96. The zero-order valence-corrected chi connectivity index (χ0v) is 16.5. The van der Waals surface area contributed by atoms with Crippen LogP contribution in [0.1, 0.15) is 58.4 Å². The van der Waals surface area contributed by atoms with Crippen molar-refractivity contribution < 1.29 is 4.74 Å². The third kappa shape index (κ3) is 6.70. The van der Waals surface area contributed by atoms with Crippen LogP contribution in [0, 0.1) is 0 Å². The molecule has 0 aliphatic carbocycles. The fourth-order valence-electron chi connectivity index (χ4n) is 2.41. The number of halogens is 2. The smallest absolute Gasteiger partial charge is 0.147 e. The van der Waals surface area contributed by atoms with Gasteiger partial charge in [-0.05, 0) is 69.3 Å². The van der Waals surface area contributed by atoms with Crippen LogP contribution in [0.4, 0.5) is 0 Å². The summed E-state index contributed by atoms with van der Waals surface area (Å²) in [6.07, 6.45) is 6.32. The molecule has 0 radical (unpaired) electrons. The number of unbranched alkanes of at least 4 members (excludes halogenated alkanes) is 1. The lowest BCUT2D eigenvalue weighted by molar-refractivity contribution is 0.335. The van der Waals surface area contributed by atoms with Gasteiger partial charge in [0.15, 0.2) is 0 Å². The third-order valence-corrected chi connectivity index (χ3v) is 4.66. The summed E-state index contributed by atoms with van der Waals surface area (Å²) < 4.78 is 7.65. The van der Waals surface area contributed by atoms with E-state index in [2.05, 4.69) is 63.2 Å². The molecule has 0 fully saturated rings. The molecule has 0 aliphatic rings. The number of hydrogen-bond acceptors (Lipinski definition) is 2. The van der Waals surface area contributed by atoms with Crippen LogP contribution >= 0.6 is 31.9 Å². The van der Waals surface area contributed by atoms with E-state index in [1.54, 1.807) is 0 Å². The average molecular weight is 421 g/mol. The Morgan fingerprint density at radius 1 is 1.05 bits per heavy atom. The van der Waals surface area contributed by atoms with Gasteiger partial charge in [0, 0.05) is 12.6 Å². The predicted octanol–water partition coefficient (Wildman–Crippen LogP) is 6.06. The molecule has 1 atom stereocenters. The molecule has 2 nitrogen and oxygen atoms in total. The van der Waals surface area contributed by atoms with Gasteiger partial charge in [-0.25, -0.2) is 0 Å². The molecule has 1 rings (SSSR count). The van der Waals surface area contributed by atoms with Crippen molar-refractivity contribution in [2.75, 3.05) is 6.61 Å². The highest BCUT2D eigenvalue weighted by Gasteiger charge is 2.10. The first kappa shape index (κ1) is 19.0. The van der Waals surface area contributed by atoms with Crippen molar-refractivity contribution in [3.05, 3.63) is 26.6 Å². The van der Waals surface area contributed by atoms with Crippen molar-refractivity contribution in [3.63, 3.8) is 0 Å². The van der Waals surface area contributed by atoms with Gasteiger partial charge in [-0.3, -0.25) is 0 Å². The largest absolute Gasteiger partial charge is 0.492 e. The fraction of sp³-hybridized carbons (Fsp3) is 0.647. The van der Waals surface area contributed by atoms with Gasteiger partial charge in [0.2, 0.25) is 0 Å². The lowest BCUT2D eigenvalue weighted by Crippen LogP contribution is -2.28. The van der Waals surface area contributed by atoms with Crippen LogP contribution in [-0.2, 0) is 6.54 Å². The zero-order valence-electron chi connectivity index (χ0n) is 13.3. The summed E-state index contributed by atoms with van der Waals surface area (Å²) in [6, 6.07) is 4.91. The Balaban J connectivity index is 2.65. The quantitative estimate of drug-likeness (QED) is 0.496. The van der Waals surface area contributed by atoms with Gasteiger partial charge < -0.3 is 10.1 Å². The van der Waals surface area contributed by atoms with Gasteiger partial charge in [0.25, 0.3) is 0 Å². The Morgan fingerprint density at radius 3 is 2.24 bits per heavy atom. The van der Waals surface area contributed by atoms with Crippen molar-refractivity contribution in [1.29, 1.82) is 0 Å². The van der Waals surface area contributed by atoms with Crippen LogP contribution in [0.25, 0.3) is 0 Å². The maximum Gasteiger partial charge on any atom is 0.147 e. The number of hydrogen-bond donors (Lipinski definition) is 1. The summed E-state index contributed by atoms with van der Waals surface area (Å²) in [5.74, 6) is 0.886. The van der Waals surface area contributed by atoms with Crippen molar-refractivity contribution in [3.8, 4) is 5.75 Å². The minimum atomic E-state index is 0.624. The van der Waals surface area contributed by atoms with Gasteiger partial charge in [0.1, 0.15) is 5.75 Å². The molecule has 0 heterocycles. The first-order chi connectivity index (χ1) is 10.1. The molecule has 0 spiro atoms. The van der Waals surface area contributed by atoms with Crippen LogP contribution in [0.2, 0.25) is 0 Å². The Kier molecular flexibility index (Phi) is 9.61. The molecule has 0 amide bonds. The number of ether oxygens (including phenoxy) is 1. The Labute approximate surface area is 146 Å². The number of nitrogens with one attached hydrogen (secondary N) is 1. The van der Waals surface area contributed by atoms with Crippen LogP contribution < -0.4 is 10.1 Å². The zero-order chi connectivity index (χ0) is 15.7. The fourth-order valence-corrected chi connectivity index (χ4v) is 3.92. The predicted molar refractivity (Wildman–Crippen MR) is 98.1 cm³/mol. The summed E-state index contributed by atoms with van der Waals surface area (Å²) in [5.41, 5.74) is 1.27. The van der Waals surface area contributed by atoms with Crippen LogP contribution in [-0.4, -0.2) is 12.6 Å². The van der Waals surface area contributed by atoms with Gasteiger partial charge in [0.05, 0.1) is 15.6 Å². The minimum Gasteiger partial charge on any atom is -0.492 e. The van der Waals surface area contributed by atoms with E-state index < -0.39 is 0 Å². The molecule has 120 valence electrons.